The van der Waals surface area contributed by atoms with Crippen LogP contribution in [0, 0.1) is 6.92 Å². The van der Waals surface area contributed by atoms with Gasteiger partial charge in [-0.25, -0.2) is 9.48 Å². The number of aldehydes is 1. The topological polar surface area (TPSA) is 61.2 Å². The van der Waals surface area contributed by atoms with E-state index in [2.05, 4.69) is 5.10 Å². The molecule has 110 valence electrons. The van der Waals surface area contributed by atoms with Crippen LogP contribution in [0.4, 0.5) is 0 Å². The third-order valence-electron chi connectivity index (χ3n) is 3.14. The summed E-state index contributed by atoms with van der Waals surface area (Å²) in [6, 6.07) is 7.00. The lowest BCUT2D eigenvalue weighted by atomic mass is 10.2. The summed E-state index contributed by atoms with van der Waals surface area (Å²) in [4.78, 5) is 22.8. The van der Waals surface area contributed by atoms with Crippen LogP contribution in [0.1, 0.15) is 46.2 Å². The highest BCUT2D eigenvalue weighted by atomic mass is 16.5. The van der Waals surface area contributed by atoms with Gasteiger partial charge in [0.1, 0.15) is 0 Å². The first-order valence-electron chi connectivity index (χ1n) is 6.94. The molecular weight excluding hydrogens is 268 g/mol. The van der Waals surface area contributed by atoms with E-state index in [0.717, 1.165) is 24.8 Å². The smallest absolute Gasteiger partial charge is 0.338 e. The molecule has 0 saturated heterocycles. The Labute approximate surface area is 123 Å². The molecule has 2 aromatic rings. The predicted molar refractivity (Wildman–Crippen MR) is 78.9 cm³/mol. The Balaban J connectivity index is 2.20. The van der Waals surface area contributed by atoms with E-state index < -0.39 is 0 Å². The second-order valence-corrected chi connectivity index (χ2v) is 4.77. The molecular formula is C16H18N2O3. The first kappa shape index (κ1) is 15.0. The zero-order valence-corrected chi connectivity index (χ0v) is 12.2. The van der Waals surface area contributed by atoms with Crippen molar-refractivity contribution in [2.24, 2.45) is 0 Å². The van der Waals surface area contributed by atoms with Crippen LogP contribution < -0.4 is 0 Å². The summed E-state index contributed by atoms with van der Waals surface area (Å²) >= 11 is 0. The van der Waals surface area contributed by atoms with Crippen LogP contribution in [-0.4, -0.2) is 28.6 Å². The van der Waals surface area contributed by atoms with Crippen LogP contribution in [0.25, 0.3) is 5.69 Å². The van der Waals surface area contributed by atoms with E-state index in [9.17, 15) is 9.59 Å². The largest absolute Gasteiger partial charge is 0.462 e. The van der Waals surface area contributed by atoms with E-state index in [4.69, 9.17) is 4.74 Å². The number of unbranched alkanes of at least 4 members (excludes halogenated alkanes) is 1. The average molecular weight is 286 g/mol. The molecule has 2 rings (SSSR count). The van der Waals surface area contributed by atoms with Gasteiger partial charge in [0.2, 0.25) is 0 Å². The van der Waals surface area contributed by atoms with Gasteiger partial charge in [0, 0.05) is 6.20 Å². The fraction of sp³-hybridized carbons (Fsp3) is 0.312. The van der Waals surface area contributed by atoms with Gasteiger partial charge in [0.15, 0.2) is 6.29 Å². The molecule has 0 aliphatic heterocycles. The standard InChI is InChI=1S/C16H18N2O3/c1-3-4-8-21-16(20)13-6-5-7-15(9-13)18-10-14(11-19)12(2)17-18/h5-7,9-11H,3-4,8H2,1-2H3. The summed E-state index contributed by atoms with van der Waals surface area (Å²) in [6.07, 6.45) is 4.24. The number of aryl methyl sites for hydroxylation is 1. The predicted octanol–water partition coefficient (Wildman–Crippen LogP) is 2.95. The van der Waals surface area contributed by atoms with Crippen molar-refractivity contribution < 1.29 is 14.3 Å². The van der Waals surface area contributed by atoms with Gasteiger partial charge in [0.05, 0.1) is 29.1 Å². The van der Waals surface area contributed by atoms with Gasteiger partial charge in [-0.1, -0.05) is 19.4 Å². The number of hydrogen-bond acceptors (Lipinski definition) is 4. The van der Waals surface area contributed by atoms with Gasteiger partial charge in [-0.3, -0.25) is 4.79 Å². The summed E-state index contributed by atoms with van der Waals surface area (Å²) < 4.78 is 6.77. The number of esters is 1. The number of benzene rings is 1. The van der Waals surface area contributed by atoms with Gasteiger partial charge in [-0.2, -0.15) is 5.10 Å². The van der Waals surface area contributed by atoms with E-state index in [0.29, 0.717) is 23.4 Å². The van der Waals surface area contributed by atoms with Crippen molar-refractivity contribution in [1.82, 2.24) is 9.78 Å². The molecule has 21 heavy (non-hydrogen) atoms. The van der Waals surface area contributed by atoms with Crippen LogP contribution in [0.5, 0.6) is 0 Å². The van der Waals surface area contributed by atoms with Gasteiger partial charge < -0.3 is 4.74 Å². The summed E-state index contributed by atoms with van der Waals surface area (Å²) in [7, 11) is 0. The first-order chi connectivity index (χ1) is 10.2. The van der Waals surface area contributed by atoms with Crippen molar-refractivity contribution in [3.8, 4) is 5.69 Å². The molecule has 5 heteroatoms. The Morgan fingerprint density at radius 3 is 2.90 bits per heavy atom. The monoisotopic (exact) mass is 286 g/mol. The maximum Gasteiger partial charge on any atom is 0.338 e. The van der Waals surface area contributed by atoms with Gasteiger partial charge >= 0.3 is 5.97 Å². The van der Waals surface area contributed by atoms with Crippen molar-refractivity contribution in [2.45, 2.75) is 26.7 Å². The molecule has 0 amide bonds. The van der Waals surface area contributed by atoms with Crippen LogP contribution >= 0.6 is 0 Å². The second kappa shape index (κ2) is 6.83. The van der Waals surface area contributed by atoms with E-state index >= 15 is 0 Å². The van der Waals surface area contributed by atoms with Gasteiger partial charge in [-0.15, -0.1) is 0 Å². The van der Waals surface area contributed by atoms with E-state index in [1.807, 2.05) is 13.0 Å². The van der Waals surface area contributed by atoms with E-state index in [1.54, 1.807) is 36.0 Å². The van der Waals surface area contributed by atoms with Crippen LogP contribution in [0.2, 0.25) is 0 Å². The number of hydrogen-bond donors (Lipinski definition) is 0. The second-order valence-electron chi connectivity index (χ2n) is 4.77. The van der Waals surface area contributed by atoms with Crippen molar-refractivity contribution in [2.75, 3.05) is 6.61 Å². The lowest BCUT2D eigenvalue weighted by Crippen LogP contribution is -2.07. The number of aromatic nitrogens is 2. The number of ether oxygens (including phenoxy) is 1. The lowest BCUT2D eigenvalue weighted by Gasteiger charge is -2.06. The van der Waals surface area contributed by atoms with Crippen molar-refractivity contribution in [3.05, 3.63) is 47.3 Å². The molecule has 1 heterocycles. The zero-order valence-electron chi connectivity index (χ0n) is 12.2. The van der Waals surface area contributed by atoms with Crippen LogP contribution in [0.15, 0.2) is 30.5 Å². The first-order valence-corrected chi connectivity index (χ1v) is 6.94. The molecule has 1 aromatic carbocycles. The number of rotatable bonds is 6. The summed E-state index contributed by atoms with van der Waals surface area (Å²) in [5, 5.41) is 4.26. The fourth-order valence-electron chi connectivity index (χ4n) is 1.89. The number of carbonyl (C=O) groups is 2. The Morgan fingerprint density at radius 1 is 1.43 bits per heavy atom. The average Bonchev–Trinajstić information content (AvgIpc) is 2.88. The Hall–Kier alpha value is -2.43. The molecule has 0 N–H and O–H groups in total. The molecule has 0 fully saturated rings. The molecule has 1 aromatic heterocycles. The minimum atomic E-state index is -0.343. The zero-order chi connectivity index (χ0) is 15.2. The van der Waals surface area contributed by atoms with Crippen LogP contribution in [-0.2, 0) is 4.74 Å². The van der Waals surface area contributed by atoms with Crippen molar-refractivity contribution in [3.63, 3.8) is 0 Å². The summed E-state index contributed by atoms with van der Waals surface area (Å²) in [5.41, 5.74) is 2.38. The molecule has 0 unspecified atom stereocenters. The van der Waals surface area contributed by atoms with E-state index in [-0.39, 0.29) is 5.97 Å². The number of carbonyl (C=O) groups excluding carboxylic acids is 2. The SMILES string of the molecule is CCCCOC(=O)c1cccc(-n2cc(C=O)c(C)n2)c1. The van der Waals surface area contributed by atoms with Crippen molar-refractivity contribution in [1.29, 1.82) is 0 Å². The summed E-state index contributed by atoms with van der Waals surface area (Å²) in [5.74, 6) is -0.343. The molecule has 0 atom stereocenters. The molecule has 5 nitrogen and oxygen atoms in total. The third-order valence-corrected chi connectivity index (χ3v) is 3.14. The Kier molecular flexibility index (Phi) is 4.87. The van der Waals surface area contributed by atoms with Crippen LogP contribution in [0.3, 0.4) is 0 Å². The highest BCUT2D eigenvalue weighted by Gasteiger charge is 2.10. The minimum absolute atomic E-state index is 0.343. The molecule has 0 bridgehead atoms. The highest BCUT2D eigenvalue weighted by molar-refractivity contribution is 5.90. The molecule has 0 aliphatic carbocycles. The molecule has 0 radical (unpaired) electrons. The molecule has 0 saturated carbocycles. The Morgan fingerprint density at radius 2 is 2.24 bits per heavy atom. The lowest BCUT2D eigenvalue weighted by molar-refractivity contribution is 0.0499. The maximum absolute atomic E-state index is 11.9. The van der Waals surface area contributed by atoms with Gasteiger partial charge in [-0.05, 0) is 31.5 Å². The number of nitrogens with zero attached hydrogens (tertiary/aromatic N) is 2. The van der Waals surface area contributed by atoms with Crippen molar-refractivity contribution >= 4 is 12.3 Å². The Bertz CT molecular complexity index is 647. The minimum Gasteiger partial charge on any atom is -0.462 e. The molecule has 0 aliphatic rings. The highest BCUT2D eigenvalue weighted by Crippen LogP contribution is 2.13. The quantitative estimate of drug-likeness (QED) is 0.465. The third kappa shape index (κ3) is 3.56. The molecule has 0 spiro atoms. The van der Waals surface area contributed by atoms with E-state index in [1.165, 1.54) is 0 Å². The van der Waals surface area contributed by atoms with Gasteiger partial charge in [0.25, 0.3) is 0 Å². The summed E-state index contributed by atoms with van der Waals surface area (Å²) in [6.45, 7) is 4.23. The normalized spacial score (nSPS) is 10.4. The maximum atomic E-state index is 11.9. The fourth-order valence-corrected chi connectivity index (χ4v) is 1.89.